The Morgan fingerprint density at radius 2 is 1.81 bits per heavy atom. The summed E-state index contributed by atoms with van der Waals surface area (Å²) in [7, 11) is 0. The average molecular weight is 361 g/mol. The maximum absolute atomic E-state index is 2.73. The highest BCUT2D eigenvalue weighted by Gasteiger charge is 2.57. The smallest absolute Gasteiger partial charge is 0 e. The summed E-state index contributed by atoms with van der Waals surface area (Å²) in [5.74, 6) is 4.96. The van der Waals surface area contributed by atoms with Crippen LogP contribution in [0.25, 0.3) is 0 Å². The van der Waals surface area contributed by atoms with Gasteiger partial charge in [-0.25, -0.2) is 0 Å². The summed E-state index contributed by atoms with van der Waals surface area (Å²) in [5, 5.41) is 0. The summed E-state index contributed by atoms with van der Waals surface area (Å²) in [6.07, 6.45) is 19.1. The fourth-order valence-corrected chi connectivity index (χ4v) is 7.82. The van der Waals surface area contributed by atoms with E-state index in [-0.39, 0.29) is 1.43 Å². The van der Waals surface area contributed by atoms with Crippen LogP contribution in [0.5, 0.6) is 0 Å². The molecule has 0 aliphatic heterocycles. The van der Waals surface area contributed by atoms with Gasteiger partial charge in [0, 0.05) is 1.43 Å². The van der Waals surface area contributed by atoms with Crippen molar-refractivity contribution in [3.63, 3.8) is 0 Å². The molecule has 0 radical (unpaired) electrons. The van der Waals surface area contributed by atoms with Gasteiger partial charge >= 0.3 is 0 Å². The van der Waals surface area contributed by atoms with Crippen LogP contribution in [0.2, 0.25) is 0 Å². The Kier molecular flexibility index (Phi) is 6.30. The average Bonchev–Trinajstić information content (AvgIpc) is 2.97. The van der Waals surface area contributed by atoms with Gasteiger partial charge in [-0.05, 0) is 98.2 Å². The van der Waals surface area contributed by atoms with Crippen LogP contribution in [0.3, 0.4) is 0 Å². The third kappa shape index (κ3) is 3.33. The molecule has 0 N–H and O–H groups in total. The first-order chi connectivity index (χ1) is 12.4. The van der Waals surface area contributed by atoms with Crippen molar-refractivity contribution in [1.29, 1.82) is 0 Å². The Morgan fingerprint density at radius 1 is 1.04 bits per heavy atom. The zero-order chi connectivity index (χ0) is 18.9. The van der Waals surface area contributed by atoms with Crippen molar-refractivity contribution < 1.29 is 1.43 Å². The van der Waals surface area contributed by atoms with Gasteiger partial charge in [-0.15, -0.1) is 0 Å². The highest BCUT2D eigenvalue weighted by molar-refractivity contribution is 5.24. The van der Waals surface area contributed by atoms with E-state index in [4.69, 9.17) is 0 Å². The van der Waals surface area contributed by atoms with Gasteiger partial charge in [-0.1, -0.05) is 66.0 Å². The second-order valence-corrected chi connectivity index (χ2v) is 10.8. The molecule has 0 aromatic heterocycles. The van der Waals surface area contributed by atoms with Gasteiger partial charge in [-0.3, -0.25) is 0 Å². The third-order valence-corrected chi connectivity index (χ3v) is 9.31. The third-order valence-electron chi connectivity index (χ3n) is 9.31. The van der Waals surface area contributed by atoms with E-state index in [1.807, 2.05) is 19.4 Å². The molecule has 152 valence electrons. The minimum Gasteiger partial charge on any atom is -0.0845 e. The number of rotatable bonds is 3. The van der Waals surface area contributed by atoms with Crippen LogP contribution < -0.4 is 0 Å². The van der Waals surface area contributed by atoms with E-state index in [0.717, 1.165) is 29.6 Å². The number of fused-ring (bicyclic) bond motifs is 5. The summed E-state index contributed by atoms with van der Waals surface area (Å²) in [6.45, 7) is 14.2. The summed E-state index contributed by atoms with van der Waals surface area (Å²) < 4.78 is 0. The molecule has 0 aromatic carbocycles. The Labute approximate surface area is 166 Å². The number of hydrogen-bond acceptors (Lipinski definition) is 0. The molecule has 6 unspecified atom stereocenters. The van der Waals surface area contributed by atoms with Crippen LogP contribution in [0.4, 0.5) is 0 Å². The molecule has 26 heavy (non-hydrogen) atoms. The summed E-state index contributed by atoms with van der Waals surface area (Å²) >= 11 is 0. The molecule has 4 aliphatic rings. The van der Waals surface area contributed by atoms with Crippen molar-refractivity contribution in [1.82, 2.24) is 0 Å². The van der Waals surface area contributed by atoms with Crippen LogP contribution in [0.1, 0.15) is 114 Å². The molecule has 3 saturated carbocycles. The zero-order valence-corrected chi connectivity index (χ0v) is 18.7. The molecular formula is C26H48. The molecule has 3 fully saturated rings. The predicted octanol–water partition coefficient (Wildman–Crippen LogP) is 8.66. The van der Waals surface area contributed by atoms with Gasteiger partial charge in [0.25, 0.3) is 0 Å². The molecule has 4 rings (SSSR count). The maximum Gasteiger partial charge on any atom is 0 e. The van der Waals surface area contributed by atoms with E-state index in [9.17, 15) is 0 Å². The van der Waals surface area contributed by atoms with Crippen LogP contribution in [0, 0.1) is 40.4 Å². The Morgan fingerprint density at radius 3 is 2.54 bits per heavy atom. The first kappa shape index (κ1) is 20.5. The van der Waals surface area contributed by atoms with Crippen molar-refractivity contribution in [2.75, 3.05) is 0 Å². The van der Waals surface area contributed by atoms with Crippen LogP contribution in [-0.4, -0.2) is 0 Å². The topological polar surface area (TPSA) is 0 Å². The summed E-state index contributed by atoms with van der Waals surface area (Å²) in [4.78, 5) is 0. The zero-order valence-electron chi connectivity index (χ0n) is 18.7. The molecule has 0 nitrogen and oxygen atoms in total. The maximum atomic E-state index is 2.73. The SMILES string of the molecule is CC.CC(C)CCC1CCC2C3CC=C4CCCCC4(C)C3CCC12C.[HH]. The second kappa shape index (κ2) is 8.00. The predicted molar refractivity (Wildman–Crippen MR) is 117 cm³/mol. The monoisotopic (exact) mass is 360 g/mol. The molecule has 0 heterocycles. The molecule has 0 amide bonds. The van der Waals surface area contributed by atoms with Crippen molar-refractivity contribution in [2.24, 2.45) is 40.4 Å². The van der Waals surface area contributed by atoms with E-state index >= 15 is 0 Å². The molecule has 0 bridgehead atoms. The van der Waals surface area contributed by atoms with Gasteiger partial charge in [0.15, 0.2) is 0 Å². The first-order valence-electron chi connectivity index (χ1n) is 12.1. The van der Waals surface area contributed by atoms with E-state index in [2.05, 4.69) is 33.8 Å². The van der Waals surface area contributed by atoms with Gasteiger partial charge in [0.05, 0.1) is 0 Å². The molecule has 0 heteroatoms. The lowest BCUT2D eigenvalue weighted by molar-refractivity contribution is -0.0428. The summed E-state index contributed by atoms with van der Waals surface area (Å²) in [5.41, 5.74) is 3.12. The van der Waals surface area contributed by atoms with Crippen molar-refractivity contribution in [2.45, 2.75) is 112 Å². The molecular weight excluding hydrogens is 312 g/mol. The van der Waals surface area contributed by atoms with Crippen molar-refractivity contribution in [3.05, 3.63) is 11.6 Å². The Balaban J connectivity index is 0.000000844. The van der Waals surface area contributed by atoms with Crippen LogP contribution >= 0.6 is 0 Å². The van der Waals surface area contributed by atoms with Crippen molar-refractivity contribution >= 4 is 0 Å². The van der Waals surface area contributed by atoms with E-state index in [1.165, 1.54) is 64.2 Å². The quantitative estimate of drug-likeness (QED) is 0.442. The standard InChI is InChI=1S/C24H40.C2H6.H2/c1-17(2)8-9-19-11-13-21-20-12-10-18-7-5-6-15-23(18,3)22(20)14-16-24(19,21)4;1-2;/h10,17,19-22H,5-9,11-16H2,1-4H3;1-2H3;1H. The number of hydrogen-bond donors (Lipinski definition) is 0. The lowest BCUT2D eigenvalue weighted by atomic mass is 9.47. The van der Waals surface area contributed by atoms with Gasteiger partial charge in [0.2, 0.25) is 0 Å². The van der Waals surface area contributed by atoms with E-state index < -0.39 is 0 Å². The first-order valence-corrected chi connectivity index (χ1v) is 12.1. The lowest BCUT2D eigenvalue weighted by Crippen LogP contribution is -2.49. The fraction of sp³-hybridized carbons (Fsp3) is 0.923. The second-order valence-electron chi connectivity index (χ2n) is 10.8. The Hall–Kier alpha value is -0.260. The molecule has 0 aromatic rings. The van der Waals surface area contributed by atoms with E-state index in [0.29, 0.717) is 10.8 Å². The molecule has 4 aliphatic carbocycles. The Bertz CT molecular complexity index is 506. The van der Waals surface area contributed by atoms with Crippen LogP contribution in [-0.2, 0) is 0 Å². The summed E-state index contributed by atoms with van der Waals surface area (Å²) in [6, 6.07) is 0. The minimum atomic E-state index is 0. The highest BCUT2D eigenvalue weighted by atomic mass is 14.6. The molecule has 0 spiro atoms. The van der Waals surface area contributed by atoms with E-state index in [1.54, 1.807) is 6.42 Å². The number of allylic oxidation sites excluding steroid dienone is 2. The van der Waals surface area contributed by atoms with Gasteiger partial charge < -0.3 is 0 Å². The largest absolute Gasteiger partial charge is 0.0845 e. The van der Waals surface area contributed by atoms with Crippen molar-refractivity contribution in [3.8, 4) is 0 Å². The molecule has 6 atom stereocenters. The highest BCUT2D eigenvalue weighted by Crippen LogP contribution is 2.66. The van der Waals surface area contributed by atoms with Crippen LogP contribution in [0.15, 0.2) is 11.6 Å². The molecule has 0 saturated heterocycles. The lowest BCUT2D eigenvalue weighted by Gasteiger charge is -2.57. The minimum absolute atomic E-state index is 0. The normalized spacial score (nSPS) is 44.3. The van der Waals surface area contributed by atoms with Gasteiger partial charge in [0.1, 0.15) is 0 Å². The van der Waals surface area contributed by atoms with Gasteiger partial charge in [-0.2, -0.15) is 0 Å². The fourth-order valence-electron chi connectivity index (χ4n) is 7.82.